The summed E-state index contributed by atoms with van der Waals surface area (Å²) in [5.41, 5.74) is 0. The molecule has 0 unspecified atom stereocenters. The molecular weight excluding hydrogens is 308 g/mol. The van der Waals surface area contributed by atoms with Crippen molar-refractivity contribution >= 4 is 21.8 Å². The van der Waals surface area contributed by atoms with Gasteiger partial charge in [-0.05, 0) is 44.2 Å². The molecule has 1 aromatic heterocycles. The minimum Gasteiger partial charge on any atom is -0.447 e. The van der Waals surface area contributed by atoms with Gasteiger partial charge in [0.15, 0.2) is 0 Å². The van der Waals surface area contributed by atoms with E-state index in [0.29, 0.717) is 18.8 Å². The van der Waals surface area contributed by atoms with Gasteiger partial charge < -0.3 is 9.73 Å². The molecule has 0 saturated heterocycles. The molecule has 21 heavy (non-hydrogen) atoms. The topological polar surface area (TPSA) is 71.3 Å². The third-order valence-electron chi connectivity index (χ3n) is 3.91. The lowest BCUT2D eigenvalue weighted by molar-refractivity contribution is 0.357. The lowest BCUT2D eigenvalue weighted by Gasteiger charge is -2.40. The molecule has 120 valence electrons. The van der Waals surface area contributed by atoms with Crippen LogP contribution in [0.1, 0.15) is 38.4 Å². The quantitative estimate of drug-likeness (QED) is 0.679. The number of hydrogen-bond donors (Lipinski definition) is 2. The predicted molar refractivity (Wildman–Crippen MR) is 86.0 cm³/mol. The highest BCUT2D eigenvalue weighted by molar-refractivity contribution is 8.00. The van der Waals surface area contributed by atoms with Gasteiger partial charge in [0.25, 0.3) is 10.0 Å². The van der Waals surface area contributed by atoms with E-state index < -0.39 is 10.0 Å². The molecule has 0 spiro atoms. The summed E-state index contributed by atoms with van der Waals surface area (Å²) < 4.78 is 32.7. The molecule has 1 saturated carbocycles. The zero-order valence-electron chi connectivity index (χ0n) is 12.6. The highest BCUT2D eigenvalue weighted by Gasteiger charge is 2.37. The largest absolute Gasteiger partial charge is 0.447 e. The Kier molecular flexibility index (Phi) is 5.76. The Morgan fingerprint density at radius 2 is 2.14 bits per heavy atom. The van der Waals surface area contributed by atoms with E-state index in [1.165, 1.54) is 12.5 Å². The molecule has 5 nitrogen and oxygen atoms in total. The minimum atomic E-state index is -3.55. The van der Waals surface area contributed by atoms with Crippen LogP contribution in [0.5, 0.6) is 0 Å². The van der Waals surface area contributed by atoms with Gasteiger partial charge in [-0.3, -0.25) is 0 Å². The van der Waals surface area contributed by atoms with Gasteiger partial charge in [0.05, 0.1) is 6.54 Å². The number of furan rings is 1. The zero-order chi connectivity index (χ0) is 15.3. The summed E-state index contributed by atoms with van der Waals surface area (Å²) in [5.74, 6) is 0.645. The number of rotatable bonds is 9. The van der Waals surface area contributed by atoms with Gasteiger partial charge in [-0.2, -0.15) is 11.8 Å². The van der Waals surface area contributed by atoms with Gasteiger partial charge in [0, 0.05) is 11.3 Å². The molecule has 0 radical (unpaired) electrons. The Balaban J connectivity index is 1.93. The summed E-state index contributed by atoms with van der Waals surface area (Å²) in [6, 6.07) is 3.24. The fraction of sp³-hybridized carbons (Fsp3) is 0.714. The van der Waals surface area contributed by atoms with Gasteiger partial charge in [-0.1, -0.05) is 13.3 Å². The fourth-order valence-corrected chi connectivity index (χ4v) is 4.39. The first kappa shape index (κ1) is 16.9. The van der Waals surface area contributed by atoms with Crippen molar-refractivity contribution in [2.24, 2.45) is 0 Å². The zero-order valence-corrected chi connectivity index (χ0v) is 14.3. The van der Waals surface area contributed by atoms with Crippen LogP contribution in [-0.2, 0) is 16.6 Å². The van der Waals surface area contributed by atoms with E-state index in [0.717, 1.165) is 25.8 Å². The van der Waals surface area contributed by atoms with Gasteiger partial charge in [0.1, 0.15) is 5.76 Å². The third-order valence-corrected chi connectivity index (χ3v) is 6.60. The average Bonchev–Trinajstić information content (AvgIpc) is 2.88. The van der Waals surface area contributed by atoms with Crippen LogP contribution in [0.2, 0.25) is 0 Å². The maximum Gasteiger partial charge on any atom is 0.274 e. The normalized spacial score (nSPS) is 17.6. The van der Waals surface area contributed by atoms with Crippen molar-refractivity contribution in [3.8, 4) is 0 Å². The lowest BCUT2D eigenvalue weighted by atomic mass is 9.84. The second kappa shape index (κ2) is 7.17. The Labute approximate surface area is 131 Å². The van der Waals surface area contributed by atoms with Crippen LogP contribution in [-0.4, -0.2) is 32.5 Å². The molecule has 1 aliphatic rings. The summed E-state index contributed by atoms with van der Waals surface area (Å²) in [6.07, 6.45) is 6.39. The molecule has 1 heterocycles. The highest BCUT2D eigenvalue weighted by atomic mass is 32.2. The number of thioether (sulfide) groups is 1. The second-order valence-electron chi connectivity index (χ2n) is 5.46. The van der Waals surface area contributed by atoms with Crippen molar-refractivity contribution in [1.82, 2.24) is 10.0 Å². The summed E-state index contributed by atoms with van der Waals surface area (Å²) in [4.78, 5) is 0. The van der Waals surface area contributed by atoms with Gasteiger partial charge in [-0.25, -0.2) is 13.1 Å². The summed E-state index contributed by atoms with van der Waals surface area (Å²) in [6.45, 7) is 3.99. The molecule has 0 amide bonds. The maximum atomic E-state index is 12.2. The van der Waals surface area contributed by atoms with Crippen molar-refractivity contribution in [2.45, 2.75) is 49.0 Å². The van der Waals surface area contributed by atoms with E-state index in [9.17, 15) is 8.42 Å². The second-order valence-corrected chi connectivity index (χ2v) is 8.43. The summed E-state index contributed by atoms with van der Waals surface area (Å²) >= 11 is 1.75. The molecule has 1 aliphatic carbocycles. The maximum absolute atomic E-state index is 12.2. The molecule has 0 atom stereocenters. The Bertz CT molecular complexity index is 545. The fourth-order valence-electron chi connectivity index (χ4n) is 2.31. The SMILES string of the molecule is CCCNCc1ccc(S(=O)(=O)NCC2(SC)CCC2)o1. The molecule has 1 fully saturated rings. The van der Waals surface area contributed by atoms with Gasteiger partial charge in [-0.15, -0.1) is 0 Å². The Morgan fingerprint density at radius 3 is 2.71 bits per heavy atom. The van der Waals surface area contributed by atoms with Crippen molar-refractivity contribution in [3.63, 3.8) is 0 Å². The molecule has 0 aromatic carbocycles. The molecule has 2 rings (SSSR count). The van der Waals surface area contributed by atoms with Crippen molar-refractivity contribution in [1.29, 1.82) is 0 Å². The standard InChI is InChI=1S/C14H24N2O3S2/c1-3-9-15-10-12-5-6-13(19-12)21(17,18)16-11-14(20-2)7-4-8-14/h5-6,15-16H,3-4,7-11H2,1-2H3. The smallest absolute Gasteiger partial charge is 0.274 e. The first-order chi connectivity index (χ1) is 10.0. The molecular formula is C14H24N2O3S2. The van der Waals surface area contributed by atoms with Gasteiger partial charge >= 0.3 is 0 Å². The summed E-state index contributed by atoms with van der Waals surface area (Å²) in [5, 5.41) is 3.19. The molecule has 2 N–H and O–H groups in total. The highest BCUT2D eigenvalue weighted by Crippen LogP contribution is 2.42. The van der Waals surface area contributed by atoms with Crippen molar-refractivity contribution in [2.75, 3.05) is 19.3 Å². The number of hydrogen-bond acceptors (Lipinski definition) is 5. The van der Waals surface area contributed by atoms with E-state index in [4.69, 9.17) is 4.42 Å². The van der Waals surface area contributed by atoms with E-state index in [-0.39, 0.29) is 9.84 Å². The van der Waals surface area contributed by atoms with E-state index in [1.807, 2.05) is 6.26 Å². The van der Waals surface area contributed by atoms with Crippen LogP contribution < -0.4 is 10.0 Å². The van der Waals surface area contributed by atoms with Crippen LogP contribution in [0.15, 0.2) is 21.6 Å². The van der Waals surface area contributed by atoms with Gasteiger partial charge in [0.2, 0.25) is 5.09 Å². The number of nitrogens with one attached hydrogen (secondary N) is 2. The van der Waals surface area contributed by atoms with E-state index >= 15 is 0 Å². The number of sulfonamides is 1. The molecule has 0 bridgehead atoms. The molecule has 1 aromatic rings. The Hall–Kier alpha value is -0.500. The molecule has 0 aliphatic heterocycles. The van der Waals surface area contributed by atoms with Crippen molar-refractivity contribution < 1.29 is 12.8 Å². The van der Waals surface area contributed by atoms with Crippen LogP contribution in [0, 0.1) is 0 Å². The first-order valence-electron chi connectivity index (χ1n) is 7.35. The van der Waals surface area contributed by atoms with Crippen LogP contribution in [0.25, 0.3) is 0 Å². The van der Waals surface area contributed by atoms with Crippen LogP contribution >= 0.6 is 11.8 Å². The minimum absolute atomic E-state index is 0.00590. The third kappa shape index (κ3) is 4.25. The molecule has 7 heteroatoms. The van der Waals surface area contributed by atoms with E-state index in [1.54, 1.807) is 17.8 Å². The first-order valence-corrected chi connectivity index (χ1v) is 10.1. The van der Waals surface area contributed by atoms with Crippen molar-refractivity contribution in [3.05, 3.63) is 17.9 Å². The summed E-state index contributed by atoms with van der Waals surface area (Å²) in [7, 11) is -3.55. The Morgan fingerprint density at radius 1 is 1.38 bits per heavy atom. The van der Waals surface area contributed by atoms with Crippen LogP contribution in [0.3, 0.4) is 0 Å². The lowest BCUT2D eigenvalue weighted by Crippen LogP contribution is -2.45. The predicted octanol–water partition coefficient (Wildman–Crippen LogP) is 2.34. The average molecular weight is 332 g/mol. The monoisotopic (exact) mass is 332 g/mol. The van der Waals surface area contributed by atoms with Crippen LogP contribution in [0.4, 0.5) is 0 Å². The van der Waals surface area contributed by atoms with E-state index in [2.05, 4.69) is 17.0 Å².